The molecule has 0 aromatic carbocycles. The Balaban J connectivity index is 2.38. The third-order valence-electron chi connectivity index (χ3n) is 0.527. The van der Waals surface area contributed by atoms with Gasteiger partial charge in [-0.2, -0.15) is 0 Å². The maximum Gasteiger partial charge on any atom is 0.157 e. The molecule has 1 aliphatic heterocycles. The first-order valence-corrected chi connectivity index (χ1v) is 2.89. The molecule has 1 radical (unpaired) electrons. The minimum absolute atomic E-state index is 1.60. The van der Waals surface area contributed by atoms with E-state index in [1.165, 1.54) is 0 Å². The van der Waals surface area contributed by atoms with E-state index < -0.39 is 0 Å². The van der Waals surface area contributed by atoms with E-state index in [9.17, 15) is 0 Å². The van der Waals surface area contributed by atoms with Gasteiger partial charge in [-0.1, -0.05) is 0 Å². The minimum atomic E-state index is 1.60. The van der Waals surface area contributed by atoms with Crippen molar-refractivity contribution in [3.05, 3.63) is 29.8 Å². The minimum Gasteiger partial charge on any atom is -0.489 e. The number of thioether (sulfide) groups is 1. The number of hydrogen-bond donors (Lipinski definition) is 0. The molecule has 7 heavy (non-hydrogen) atoms. The van der Waals surface area contributed by atoms with Crippen molar-refractivity contribution in [2.24, 2.45) is 0 Å². The van der Waals surface area contributed by atoms with Crippen molar-refractivity contribution >= 4 is 11.8 Å². The second-order valence-corrected chi connectivity index (χ2v) is 1.83. The Morgan fingerprint density at radius 3 is 3.29 bits per heavy atom. The highest BCUT2D eigenvalue weighted by Crippen LogP contribution is 2.08. The van der Waals surface area contributed by atoms with Crippen LogP contribution in [0.3, 0.4) is 0 Å². The molecule has 0 atom stereocenters. The Hall–Kier alpha value is -0.370. The van der Waals surface area contributed by atoms with Crippen LogP contribution in [0.1, 0.15) is 0 Å². The molecular formula is C5H5OS. The molecule has 0 aromatic rings. The smallest absolute Gasteiger partial charge is 0.157 e. The Bertz CT molecular complexity index is 84.3. The van der Waals surface area contributed by atoms with Crippen LogP contribution in [-0.4, -0.2) is 0 Å². The van der Waals surface area contributed by atoms with Crippen molar-refractivity contribution in [2.45, 2.75) is 0 Å². The van der Waals surface area contributed by atoms with Gasteiger partial charge in [-0.15, -0.1) is 11.8 Å². The first kappa shape index (κ1) is 4.78. The Kier molecular flexibility index (Phi) is 1.88. The number of hydrogen-bond acceptors (Lipinski definition) is 2. The quantitative estimate of drug-likeness (QED) is 0.474. The van der Waals surface area contributed by atoms with Crippen LogP contribution in [-0.2, 0) is 4.74 Å². The molecule has 0 saturated carbocycles. The molecule has 37 valence electrons. The zero-order chi connectivity index (χ0) is 4.95. The third-order valence-corrected chi connectivity index (χ3v) is 1.11. The summed E-state index contributed by atoms with van der Waals surface area (Å²) in [4.78, 5) is 0. The van der Waals surface area contributed by atoms with E-state index in [1.807, 2.05) is 16.9 Å². The van der Waals surface area contributed by atoms with Gasteiger partial charge in [0.1, 0.15) is 0 Å². The topological polar surface area (TPSA) is 9.23 Å². The summed E-state index contributed by atoms with van der Waals surface area (Å²) in [6, 6.07) is 0. The summed E-state index contributed by atoms with van der Waals surface area (Å²) in [6.07, 6.45) is 3.50. The highest BCUT2D eigenvalue weighted by molar-refractivity contribution is 8.04. The van der Waals surface area contributed by atoms with Crippen molar-refractivity contribution in [2.75, 3.05) is 0 Å². The lowest BCUT2D eigenvalue weighted by atomic mass is 10.7. The predicted octanol–water partition coefficient (Wildman–Crippen LogP) is 1.90. The van der Waals surface area contributed by atoms with Gasteiger partial charge in [0.25, 0.3) is 0 Å². The van der Waals surface area contributed by atoms with Gasteiger partial charge in [0, 0.05) is 5.41 Å². The van der Waals surface area contributed by atoms with E-state index in [0.29, 0.717) is 0 Å². The molecule has 2 heteroatoms. The van der Waals surface area contributed by atoms with Crippen molar-refractivity contribution in [3.63, 3.8) is 0 Å². The zero-order valence-corrected chi connectivity index (χ0v) is 4.52. The second kappa shape index (κ2) is 2.75. The molecular weight excluding hydrogens is 108 g/mol. The Morgan fingerprint density at radius 1 is 1.29 bits per heavy atom. The van der Waals surface area contributed by atoms with Crippen LogP contribution < -0.4 is 0 Å². The lowest BCUT2D eigenvalue weighted by Gasteiger charge is -1.84. The fourth-order valence-electron chi connectivity index (χ4n) is 0.278. The molecule has 1 rings (SSSR count). The van der Waals surface area contributed by atoms with Gasteiger partial charge < -0.3 is 4.74 Å². The summed E-state index contributed by atoms with van der Waals surface area (Å²) in [5, 5.41) is 3.82. The summed E-state index contributed by atoms with van der Waals surface area (Å²) < 4.78 is 4.78. The molecule has 0 unspecified atom stereocenters. The van der Waals surface area contributed by atoms with Crippen LogP contribution in [0.15, 0.2) is 23.2 Å². The van der Waals surface area contributed by atoms with Crippen LogP contribution in [0, 0.1) is 6.61 Å². The van der Waals surface area contributed by atoms with Gasteiger partial charge in [-0.05, 0) is 11.5 Å². The Labute approximate surface area is 47.1 Å². The maximum absolute atomic E-state index is 4.78. The average molecular weight is 113 g/mol. The van der Waals surface area contributed by atoms with Crippen LogP contribution >= 0.6 is 11.8 Å². The summed E-state index contributed by atoms with van der Waals surface area (Å²) in [5.74, 6) is 0. The van der Waals surface area contributed by atoms with Gasteiger partial charge in [-0.25, -0.2) is 0 Å². The lowest BCUT2D eigenvalue weighted by molar-refractivity contribution is 0.359. The van der Waals surface area contributed by atoms with Gasteiger partial charge >= 0.3 is 0 Å². The first-order valence-electron chi connectivity index (χ1n) is 1.94. The van der Waals surface area contributed by atoms with Gasteiger partial charge in [-0.3, -0.25) is 0 Å². The first-order chi connectivity index (χ1) is 3.50. The normalized spacial score (nSPS) is 18.3. The van der Waals surface area contributed by atoms with E-state index in [4.69, 9.17) is 4.74 Å². The summed E-state index contributed by atoms with van der Waals surface area (Å²) >= 11 is 1.60. The monoisotopic (exact) mass is 113 g/mol. The van der Waals surface area contributed by atoms with Crippen molar-refractivity contribution in [1.82, 2.24) is 0 Å². The fraction of sp³-hybridized carbons (Fsp3) is 0. The maximum atomic E-state index is 4.78. The third kappa shape index (κ3) is 1.69. The van der Waals surface area contributed by atoms with E-state index in [2.05, 4.69) is 0 Å². The summed E-state index contributed by atoms with van der Waals surface area (Å²) in [6.45, 7) is 1.64. The average Bonchev–Trinajstić information content (AvgIpc) is 1.90. The highest BCUT2D eigenvalue weighted by Gasteiger charge is 1.79. The molecule has 1 heterocycles. The highest BCUT2D eigenvalue weighted by atomic mass is 32.2. The molecule has 0 spiro atoms. The molecule has 0 saturated heterocycles. The standard InChI is InChI=1S/C5H5OS/c1-2-6-3-5-7-4-1/h1-5H. The molecule has 1 nitrogen and oxygen atoms in total. The molecule has 0 aliphatic carbocycles. The van der Waals surface area contributed by atoms with E-state index in [1.54, 1.807) is 24.6 Å². The van der Waals surface area contributed by atoms with Crippen LogP contribution in [0.2, 0.25) is 0 Å². The van der Waals surface area contributed by atoms with Gasteiger partial charge in [0.2, 0.25) is 0 Å². The molecule has 0 fully saturated rings. The molecule has 1 aliphatic rings. The van der Waals surface area contributed by atoms with Crippen LogP contribution in [0.4, 0.5) is 0 Å². The fourth-order valence-corrected chi connectivity index (χ4v) is 0.652. The lowest BCUT2D eigenvalue weighted by Crippen LogP contribution is -1.65. The van der Waals surface area contributed by atoms with Crippen LogP contribution in [0.5, 0.6) is 0 Å². The van der Waals surface area contributed by atoms with Crippen LogP contribution in [0.25, 0.3) is 0 Å². The van der Waals surface area contributed by atoms with E-state index in [-0.39, 0.29) is 0 Å². The van der Waals surface area contributed by atoms with Gasteiger partial charge in [0.05, 0.1) is 6.26 Å². The predicted molar refractivity (Wildman–Crippen MR) is 31.3 cm³/mol. The van der Waals surface area contributed by atoms with Crippen molar-refractivity contribution < 1.29 is 4.74 Å². The van der Waals surface area contributed by atoms with E-state index in [0.717, 1.165) is 0 Å². The molecule has 0 amide bonds. The number of rotatable bonds is 0. The summed E-state index contributed by atoms with van der Waals surface area (Å²) in [7, 11) is 0. The molecule has 0 N–H and O–H groups in total. The second-order valence-electron chi connectivity index (χ2n) is 1.01. The SMILES string of the molecule is [CH]1C=CSC=CO1. The Morgan fingerprint density at radius 2 is 2.29 bits per heavy atom. The molecule has 0 bridgehead atoms. The van der Waals surface area contributed by atoms with E-state index >= 15 is 0 Å². The molecule has 0 aromatic heterocycles. The largest absolute Gasteiger partial charge is 0.489 e. The van der Waals surface area contributed by atoms with Crippen molar-refractivity contribution in [3.8, 4) is 0 Å². The van der Waals surface area contributed by atoms with Crippen molar-refractivity contribution in [1.29, 1.82) is 0 Å². The van der Waals surface area contributed by atoms with Gasteiger partial charge in [0.15, 0.2) is 6.61 Å². The zero-order valence-electron chi connectivity index (χ0n) is 3.70. The number of ether oxygens (including phenoxy) is 1. The summed E-state index contributed by atoms with van der Waals surface area (Å²) in [5.41, 5.74) is 0.